The zero-order chi connectivity index (χ0) is 17.5. The minimum atomic E-state index is -0.473. The molecule has 0 unspecified atom stereocenters. The van der Waals surface area contributed by atoms with Crippen LogP contribution in [0.25, 0.3) is 0 Å². The number of hydrogen-bond donors (Lipinski definition) is 1. The van der Waals surface area contributed by atoms with E-state index in [0.717, 1.165) is 0 Å². The van der Waals surface area contributed by atoms with Crippen molar-refractivity contribution >= 4 is 40.5 Å². The van der Waals surface area contributed by atoms with Gasteiger partial charge >= 0.3 is 6.09 Å². The quantitative estimate of drug-likeness (QED) is 0.812. The predicted octanol–water partition coefficient (Wildman–Crippen LogP) is 3.55. The topological polar surface area (TPSA) is 75.7 Å². The van der Waals surface area contributed by atoms with Crippen molar-refractivity contribution in [3.05, 3.63) is 46.7 Å². The maximum atomic E-state index is 11.9. The van der Waals surface area contributed by atoms with E-state index in [0.29, 0.717) is 16.3 Å². The van der Waals surface area contributed by atoms with Gasteiger partial charge in [-0.15, -0.1) is 11.3 Å². The highest BCUT2D eigenvalue weighted by Gasteiger charge is 2.12. The summed E-state index contributed by atoms with van der Waals surface area (Å²) in [6, 6.07) is 10.3. The number of nitrogens with zero attached hydrogens (tertiary/aromatic N) is 1. The molecule has 0 atom stereocenters. The Morgan fingerprint density at radius 1 is 1.12 bits per heavy atom. The van der Waals surface area contributed by atoms with Crippen molar-refractivity contribution in [1.82, 2.24) is 0 Å². The van der Waals surface area contributed by atoms with E-state index in [-0.39, 0.29) is 24.5 Å². The highest BCUT2D eigenvalue weighted by atomic mass is 32.1. The number of Topliss-reactive ketones (excluding diaryl/α,β-unsaturated/α-hetero) is 1. The van der Waals surface area contributed by atoms with E-state index < -0.39 is 6.09 Å². The number of benzene rings is 1. The van der Waals surface area contributed by atoms with Gasteiger partial charge in [-0.1, -0.05) is 6.07 Å². The van der Waals surface area contributed by atoms with Crippen LogP contribution in [0.1, 0.15) is 22.5 Å². The molecule has 0 fully saturated rings. The van der Waals surface area contributed by atoms with Gasteiger partial charge in [0.2, 0.25) is 5.91 Å². The molecule has 2 rings (SSSR count). The molecular formula is C17H18N2O4S. The molecule has 0 saturated heterocycles. The standard InChI is InChI=1S/C17H18N2O4S/c1-19(17(22)23-2)13-7-5-12(6-8-13)18-16(21)10-9-14(20)15-4-3-11-24-15/h3-8,11H,9-10H2,1-2H3,(H,18,21). The molecule has 24 heavy (non-hydrogen) atoms. The third-order valence-corrected chi connectivity index (χ3v) is 4.27. The summed E-state index contributed by atoms with van der Waals surface area (Å²) < 4.78 is 4.63. The second-order valence-corrected chi connectivity index (χ2v) is 5.97. The second-order valence-electron chi connectivity index (χ2n) is 5.02. The molecule has 0 spiro atoms. The zero-order valence-corrected chi connectivity index (χ0v) is 14.3. The van der Waals surface area contributed by atoms with E-state index in [1.165, 1.54) is 23.3 Å². The molecule has 1 aromatic carbocycles. The fourth-order valence-corrected chi connectivity index (χ4v) is 2.72. The molecule has 0 aliphatic heterocycles. The number of carbonyl (C=O) groups is 3. The molecule has 1 aromatic heterocycles. The predicted molar refractivity (Wildman–Crippen MR) is 93.8 cm³/mol. The number of nitrogens with one attached hydrogen (secondary N) is 1. The van der Waals surface area contributed by atoms with Crippen molar-refractivity contribution in [3.63, 3.8) is 0 Å². The minimum absolute atomic E-state index is 0.0322. The Balaban J connectivity index is 1.85. The van der Waals surface area contributed by atoms with Gasteiger partial charge in [-0.2, -0.15) is 0 Å². The van der Waals surface area contributed by atoms with Crippen LogP contribution in [-0.2, 0) is 9.53 Å². The lowest BCUT2D eigenvalue weighted by Crippen LogP contribution is -2.25. The first kappa shape index (κ1) is 17.7. The first-order valence-corrected chi connectivity index (χ1v) is 8.17. The highest BCUT2D eigenvalue weighted by Crippen LogP contribution is 2.18. The molecule has 126 valence electrons. The molecule has 0 aliphatic rings. The van der Waals surface area contributed by atoms with E-state index in [9.17, 15) is 14.4 Å². The summed E-state index contributed by atoms with van der Waals surface area (Å²) in [5.74, 6) is -0.260. The van der Waals surface area contributed by atoms with Crippen LogP contribution < -0.4 is 10.2 Å². The highest BCUT2D eigenvalue weighted by molar-refractivity contribution is 7.12. The number of amides is 2. The van der Waals surface area contributed by atoms with E-state index in [1.54, 1.807) is 37.4 Å². The van der Waals surface area contributed by atoms with Crippen molar-refractivity contribution in [2.45, 2.75) is 12.8 Å². The smallest absolute Gasteiger partial charge is 0.413 e. The second kappa shape index (κ2) is 8.26. The maximum Gasteiger partial charge on any atom is 0.413 e. The van der Waals surface area contributed by atoms with Crippen molar-refractivity contribution < 1.29 is 19.1 Å². The Bertz CT molecular complexity index is 711. The number of hydrogen-bond acceptors (Lipinski definition) is 5. The van der Waals surface area contributed by atoms with Crippen LogP contribution in [0.4, 0.5) is 16.2 Å². The van der Waals surface area contributed by atoms with Crippen LogP contribution >= 0.6 is 11.3 Å². The van der Waals surface area contributed by atoms with Gasteiger partial charge in [-0.3, -0.25) is 14.5 Å². The summed E-state index contributed by atoms with van der Waals surface area (Å²) in [6.45, 7) is 0. The van der Waals surface area contributed by atoms with E-state index >= 15 is 0 Å². The SMILES string of the molecule is COC(=O)N(C)c1ccc(NC(=O)CCC(=O)c2cccs2)cc1. The number of ether oxygens (including phenoxy) is 1. The summed E-state index contributed by atoms with van der Waals surface area (Å²) in [7, 11) is 2.90. The largest absolute Gasteiger partial charge is 0.452 e. The Hall–Kier alpha value is -2.67. The molecule has 7 heteroatoms. The molecule has 1 heterocycles. The molecule has 0 saturated carbocycles. The molecule has 2 amide bonds. The molecular weight excluding hydrogens is 328 g/mol. The van der Waals surface area contributed by atoms with Gasteiger partial charge in [0.1, 0.15) is 0 Å². The molecule has 0 radical (unpaired) electrons. The van der Waals surface area contributed by atoms with Crippen molar-refractivity contribution in [2.75, 3.05) is 24.4 Å². The summed E-state index contributed by atoms with van der Waals surface area (Å²) in [5.41, 5.74) is 1.25. The van der Waals surface area contributed by atoms with Crippen LogP contribution in [0, 0.1) is 0 Å². The Labute approximate surface area is 144 Å². The molecule has 0 aliphatic carbocycles. The third kappa shape index (κ3) is 4.66. The number of rotatable bonds is 6. The van der Waals surface area contributed by atoms with Gasteiger partial charge in [0, 0.05) is 31.3 Å². The van der Waals surface area contributed by atoms with E-state index in [2.05, 4.69) is 10.1 Å². The summed E-state index contributed by atoms with van der Waals surface area (Å²) in [6.07, 6.45) is -0.172. The normalized spacial score (nSPS) is 10.1. The van der Waals surface area contributed by atoms with Crippen LogP contribution in [0.2, 0.25) is 0 Å². The molecule has 6 nitrogen and oxygen atoms in total. The van der Waals surface area contributed by atoms with Gasteiger partial charge in [0.05, 0.1) is 12.0 Å². The lowest BCUT2D eigenvalue weighted by molar-refractivity contribution is -0.116. The van der Waals surface area contributed by atoms with Gasteiger partial charge in [0.25, 0.3) is 0 Å². The average Bonchev–Trinajstić information content (AvgIpc) is 3.13. The van der Waals surface area contributed by atoms with Crippen molar-refractivity contribution in [3.8, 4) is 0 Å². The number of ketones is 1. The fourth-order valence-electron chi connectivity index (χ4n) is 2.02. The van der Waals surface area contributed by atoms with Crippen molar-refractivity contribution in [1.29, 1.82) is 0 Å². The first-order valence-electron chi connectivity index (χ1n) is 7.29. The zero-order valence-electron chi connectivity index (χ0n) is 13.4. The molecule has 0 bridgehead atoms. The van der Waals surface area contributed by atoms with Gasteiger partial charge < -0.3 is 10.1 Å². The Morgan fingerprint density at radius 3 is 2.42 bits per heavy atom. The summed E-state index contributed by atoms with van der Waals surface area (Å²) >= 11 is 1.37. The maximum absolute atomic E-state index is 11.9. The van der Waals surface area contributed by atoms with Crippen molar-refractivity contribution in [2.24, 2.45) is 0 Å². The minimum Gasteiger partial charge on any atom is -0.452 e. The Morgan fingerprint density at radius 2 is 1.83 bits per heavy atom. The summed E-state index contributed by atoms with van der Waals surface area (Å²) in [4.78, 5) is 37.2. The first-order chi connectivity index (χ1) is 11.5. The lowest BCUT2D eigenvalue weighted by atomic mass is 10.2. The van der Waals surface area contributed by atoms with E-state index in [4.69, 9.17) is 0 Å². The van der Waals surface area contributed by atoms with Crippen LogP contribution in [0.15, 0.2) is 41.8 Å². The van der Waals surface area contributed by atoms with Crippen LogP contribution in [0.3, 0.4) is 0 Å². The average molecular weight is 346 g/mol. The fraction of sp³-hybridized carbons (Fsp3) is 0.235. The number of anilines is 2. The number of carbonyl (C=O) groups excluding carboxylic acids is 3. The molecule has 1 N–H and O–H groups in total. The summed E-state index contributed by atoms with van der Waals surface area (Å²) in [5, 5.41) is 4.56. The monoisotopic (exact) mass is 346 g/mol. The third-order valence-electron chi connectivity index (χ3n) is 3.36. The van der Waals surface area contributed by atoms with Gasteiger partial charge in [0.15, 0.2) is 5.78 Å². The van der Waals surface area contributed by atoms with Crippen LogP contribution in [-0.4, -0.2) is 31.9 Å². The number of thiophene rings is 1. The Kier molecular flexibility index (Phi) is 6.08. The van der Waals surface area contributed by atoms with Gasteiger partial charge in [-0.25, -0.2) is 4.79 Å². The van der Waals surface area contributed by atoms with Gasteiger partial charge in [-0.05, 0) is 35.7 Å². The number of methoxy groups -OCH3 is 1. The van der Waals surface area contributed by atoms with Crippen LogP contribution in [0.5, 0.6) is 0 Å². The molecule has 2 aromatic rings. The lowest BCUT2D eigenvalue weighted by Gasteiger charge is -2.15. The van der Waals surface area contributed by atoms with E-state index in [1.807, 2.05) is 11.4 Å².